The Hall–Kier alpha value is -2.18. The summed E-state index contributed by atoms with van der Waals surface area (Å²) in [5.74, 6) is -1.74. The number of amides is 1. The number of carbonyl (C=O) groups is 1. The molecule has 0 aromatic heterocycles. The number of rotatable bonds is 7. The zero-order valence-corrected chi connectivity index (χ0v) is 14.0. The van der Waals surface area contributed by atoms with Gasteiger partial charge in [-0.05, 0) is 29.7 Å². The van der Waals surface area contributed by atoms with Crippen LogP contribution in [0.4, 0.5) is 13.6 Å². The lowest BCUT2D eigenvalue weighted by atomic mass is 9.99. The molecule has 2 rings (SSSR count). The van der Waals surface area contributed by atoms with Gasteiger partial charge in [-0.3, -0.25) is 4.90 Å². The predicted molar refractivity (Wildman–Crippen MR) is 90.6 cm³/mol. The lowest BCUT2D eigenvalue weighted by molar-refractivity contribution is 0.0550. The highest BCUT2D eigenvalue weighted by atomic mass is 35.5. The van der Waals surface area contributed by atoms with Gasteiger partial charge < -0.3 is 10.2 Å². The van der Waals surface area contributed by atoms with Gasteiger partial charge in [0.05, 0.1) is 18.0 Å². The van der Waals surface area contributed by atoms with Crippen molar-refractivity contribution in [3.63, 3.8) is 0 Å². The monoisotopic (exact) mass is 369 g/mol. The van der Waals surface area contributed by atoms with Gasteiger partial charge in [0, 0.05) is 12.6 Å². The van der Waals surface area contributed by atoms with Crippen LogP contribution in [0.3, 0.4) is 0 Å². The summed E-state index contributed by atoms with van der Waals surface area (Å²) in [6, 6.07) is 10.8. The Morgan fingerprint density at radius 3 is 2.20 bits per heavy atom. The molecular weight excluding hydrogens is 352 g/mol. The fourth-order valence-corrected chi connectivity index (χ4v) is 2.84. The molecule has 0 spiro atoms. The van der Waals surface area contributed by atoms with Gasteiger partial charge in [-0.25, -0.2) is 13.6 Å². The third-order valence-corrected chi connectivity index (χ3v) is 4.13. The molecule has 0 bridgehead atoms. The molecule has 2 aromatic carbocycles. The molecule has 2 N–H and O–H groups in total. The molecule has 0 heterocycles. The minimum absolute atomic E-state index is 0.0204. The normalized spacial score (nSPS) is 13.3. The summed E-state index contributed by atoms with van der Waals surface area (Å²) < 4.78 is 26.8. The zero-order valence-electron chi connectivity index (χ0n) is 13.3. The van der Waals surface area contributed by atoms with Crippen LogP contribution >= 0.6 is 11.6 Å². The molecule has 0 saturated carbocycles. The Bertz CT molecular complexity index is 694. The number of benzene rings is 2. The number of aliphatic hydroxyl groups is 1. The summed E-state index contributed by atoms with van der Waals surface area (Å²) in [6.07, 6.45) is -2.51. The Labute approximate surface area is 149 Å². The maximum atomic E-state index is 13.4. The van der Waals surface area contributed by atoms with E-state index in [-0.39, 0.29) is 24.4 Å². The first-order valence-electron chi connectivity index (χ1n) is 7.63. The molecule has 0 radical (unpaired) electrons. The SMILES string of the molecule is O=C(O)N(Cc1ccccc1)[C@@H](Cc1cc(F)cc(F)c1)[C@H](O)CCl. The first-order chi connectivity index (χ1) is 11.9. The van der Waals surface area contributed by atoms with Crippen LogP contribution in [-0.2, 0) is 13.0 Å². The fourth-order valence-electron chi connectivity index (χ4n) is 2.63. The van der Waals surface area contributed by atoms with Crippen LogP contribution in [0, 0.1) is 11.6 Å². The van der Waals surface area contributed by atoms with Crippen molar-refractivity contribution >= 4 is 17.7 Å². The van der Waals surface area contributed by atoms with Crippen molar-refractivity contribution in [1.29, 1.82) is 0 Å². The van der Waals surface area contributed by atoms with Gasteiger partial charge in [0.1, 0.15) is 11.6 Å². The quantitative estimate of drug-likeness (QED) is 0.732. The van der Waals surface area contributed by atoms with E-state index >= 15 is 0 Å². The van der Waals surface area contributed by atoms with Crippen LogP contribution in [0.5, 0.6) is 0 Å². The van der Waals surface area contributed by atoms with Gasteiger partial charge in [0.2, 0.25) is 0 Å². The largest absolute Gasteiger partial charge is 0.465 e. The second-order valence-corrected chi connectivity index (χ2v) is 5.98. The predicted octanol–water partition coefficient (Wildman–Crippen LogP) is 3.66. The van der Waals surface area contributed by atoms with E-state index in [1.165, 1.54) is 0 Å². The van der Waals surface area contributed by atoms with Gasteiger partial charge >= 0.3 is 6.09 Å². The van der Waals surface area contributed by atoms with E-state index in [4.69, 9.17) is 11.6 Å². The van der Waals surface area contributed by atoms with Crippen molar-refractivity contribution in [3.8, 4) is 0 Å². The van der Waals surface area contributed by atoms with Crippen LogP contribution in [0.2, 0.25) is 0 Å². The molecule has 4 nitrogen and oxygen atoms in total. The standard InChI is InChI=1S/C18H18ClF2NO3/c19-10-17(23)16(8-13-6-14(20)9-15(21)7-13)22(18(24)25)11-12-4-2-1-3-5-12/h1-7,9,16-17,23H,8,10-11H2,(H,24,25)/t16-,17+/m0/s1. The molecule has 0 unspecified atom stereocenters. The molecule has 1 amide bonds. The molecule has 0 aliphatic carbocycles. The number of carboxylic acid groups (broad SMARTS) is 1. The number of halogens is 3. The van der Waals surface area contributed by atoms with Crippen molar-refractivity contribution in [2.24, 2.45) is 0 Å². The Balaban J connectivity index is 2.30. The van der Waals surface area contributed by atoms with Crippen molar-refractivity contribution in [2.75, 3.05) is 5.88 Å². The van der Waals surface area contributed by atoms with E-state index in [1.807, 2.05) is 0 Å². The van der Waals surface area contributed by atoms with E-state index in [2.05, 4.69) is 0 Å². The zero-order chi connectivity index (χ0) is 18.4. The highest BCUT2D eigenvalue weighted by Crippen LogP contribution is 2.19. The molecular formula is C18H18ClF2NO3. The maximum absolute atomic E-state index is 13.4. The minimum atomic E-state index is -1.25. The molecule has 0 saturated heterocycles. The Morgan fingerprint density at radius 1 is 1.08 bits per heavy atom. The van der Waals surface area contributed by atoms with Crippen molar-refractivity contribution in [3.05, 3.63) is 71.3 Å². The van der Waals surface area contributed by atoms with Gasteiger partial charge in [0.25, 0.3) is 0 Å². The van der Waals surface area contributed by atoms with Crippen molar-refractivity contribution in [2.45, 2.75) is 25.1 Å². The smallest absolute Gasteiger partial charge is 0.407 e. The van der Waals surface area contributed by atoms with Crippen LogP contribution in [0.25, 0.3) is 0 Å². The topological polar surface area (TPSA) is 60.8 Å². The molecule has 0 aliphatic rings. The van der Waals surface area contributed by atoms with E-state index in [1.54, 1.807) is 30.3 Å². The third kappa shape index (κ3) is 5.41. The molecule has 134 valence electrons. The van der Waals surface area contributed by atoms with Gasteiger partial charge in [-0.2, -0.15) is 0 Å². The first-order valence-corrected chi connectivity index (χ1v) is 8.16. The Morgan fingerprint density at radius 2 is 1.68 bits per heavy atom. The Kier molecular flexibility index (Phi) is 6.73. The van der Waals surface area contributed by atoms with Crippen molar-refractivity contribution < 1.29 is 23.8 Å². The van der Waals surface area contributed by atoms with Gasteiger partial charge in [-0.1, -0.05) is 30.3 Å². The number of nitrogens with zero attached hydrogens (tertiary/aromatic N) is 1. The summed E-state index contributed by atoms with van der Waals surface area (Å²) in [5, 5.41) is 19.8. The number of aliphatic hydroxyl groups excluding tert-OH is 1. The fraction of sp³-hybridized carbons (Fsp3) is 0.278. The maximum Gasteiger partial charge on any atom is 0.407 e. The summed E-state index contributed by atoms with van der Waals surface area (Å²) in [7, 11) is 0. The van der Waals surface area contributed by atoms with Gasteiger partial charge in [-0.15, -0.1) is 11.6 Å². The van der Waals surface area contributed by atoms with Crippen LogP contribution in [-0.4, -0.2) is 39.2 Å². The van der Waals surface area contributed by atoms with E-state index < -0.39 is 29.9 Å². The first kappa shape index (κ1) is 19.1. The van der Waals surface area contributed by atoms with E-state index in [9.17, 15) is 23.8 Å². The molecule has 7 heteroatoms. The highest BCUT2D eigenvalue weighted by molar-refractivity contribution is 6.18. The number of hydrogen-bond donors (Lipinski definition) is 2. The van der Waals surface area contributed by atoms with Crippen LogP contribution in [0.1, 0.15) is 11.1 Å². The number of alkyl halides is 1. The minimum Gasteiger partial charge on any atom is -0.465 e. The van der Waals surface area contributed by atoms with Crippen LogP contribution < -0.4 is 0 Å². The van der Waals surface area contributed by atoms with E-state index in [0.717, 1.165) is 28.7 Å². The molecule has 0 aliphatic heterocycles. The lowest BCUT2D eigenvalue weighted by Crippen LogP contribution is -2.48. The second-order valence-electron chi connectivity index (χ2n) is 5.67. The third-order valence-electron chi connectivity index (χ3n) is 3.81. The average Bonchev–Trinajstić information content (AvgIpc) is 2.57. The molecule has 25 heavy (non-hydrogen) atoms. The number of hydrogen-bond acceptors (Lipinski definition) is 2. The summed E-state index contributed by atoms with van der Waals surface area (Å²) >= 11 is 5.71. The summed E-state index contributed by atoms with van der Waals surface area (Å²) in [6.45, 7) is 0.0204. The molecule has 2 aromatic rings. The molecule has 0 fully saturated rings. The van der Waals surface area contributed by atoms with Crippen molar-refractivity contribution in [1.82, 2.24) is 4.90 Å². The summed E-state index contributed by atoms with van der Waals surface area (Å²) in [4.78, 5) is 12.7. The lowest BCUT2D eigenvalue weighted by Gasteiger charge is -2.32. The summed E-state index contributed by atoms with van der Waals surface area (Å²) in [5.41, 5.74) is 0.966. The van der Waals surface area contributed by atoms with Gasteiger partial charge in [0.15, 0.2) is 0 Å². The average molecular weight is 370 g/mol. The van der Waals surface area contributed by atoms with Crippen LogP contribution in [0.15, 0.2) is 48.5 Å². The second kappa shape index (κ2) is 8.78. The highest BCUT2D eigenvalue weighted by Gasteiger charge is 2.30. The molecule has 2 atom stereocenters. The van der Waals surface area contributed by atoms with E-state index in [0.29, 0.717) is 0 Å².